The summed E-state index contributed by atoms with van der Waals surface area (Å²) >= 11 is 0. The summed E-state index contributed by atoms with van der Waals surface area (Å²) in [5.41, 5.74) is 1.79. The first kappa shape index (κ1) is 27.9. The number of nitrogens with zero attached hydrogens (tertiary/aromatic N) is 2. The zero-order valence-electron chi connectivity index (χ0n) is 21.8. The topological polar surface area (TPSA) is 88.2 Å². The number of likely N-dealkylation sites (tertiary alicyclic amines) is 1. The highest BCUT2D eigenvalue weighted by Crippen LogP contribution is 2.28. The minimum atomic E-state index is -0.294. The molecule has 8 nitrogen and oxygen atoms in total. The van der Waals surface area contributed by atoms with Gasteiger partial charge < -0.3 is 19.7 Å². The van der Waals surface area contributed by atoms with E-state index in [4.69, 9.17) is 9.47 Å². The first-order valence-corrected chi connectivity index (χ1v) is 13.4. The van der Waals surface area contributed by atoms with E-state index in [1.54, 1.807) is 30.3 Å². The number of nitrogens with one attached hydrogen (secondary N) is 1. The number of hydrogen-bond donors (Lipinski definition) is 1. The summed E-state index contributed by atoms with van der Waals surface area (Å²) in [5, 5.41) is 2.72. The van der Waals surface area contributed by atoms with Crippen molar-refractivity contribution in [2.75, 3.05) is 64.4 Å². The predicted molar refractivity (Wildman–Crippen MR) is 142 cm³/mol. The third-order valence-corrected chi connectivity index (χ3v) is 6.96. The molecule has 3 aliphatic heterocycles. The second kappa shape index (κ2) is 14.1. The second-order valence-electron chi connectivity index (χ2n) is 9.76. The molecule has 2 aromatic rings. The molecule has 0 atom stereocenters. The van der Waals surface area contributed by atoms with Crippen LogP contribution in [0.25, 0.3) is 0 Å². The van der Waals surface area contributed by atoms with Gasteiger partial charge in [0.2, 0.25) is 0 Å². The molecule has 3 aliphatic rings. The Hall–Kier alpha value is -3.14. The first-order valence-electron chi connectivity index (χ1n) is 13.4. The van der Waals surface area contributed by atoms with Crippen LogP contribution in [0.5, 0.6) is 5.75 Å². The molecule has 2 fully saturated rings. The van der Waals surface area contributed by atoms with Crippen LogP contribution in [0, 0.1) is 5.82 Å². The van der Waals surface area contributed by atoms with Gasteiger partial charge in [-0.2, -0.15) is 0 Å². The van der Waals surface area contributed by atoms with Gasteiger partial charge in [-0.3, -0.25) is 19.3 Å². The summed E-state index contributed by atoms with van der Waals surface area (Å²) in [6.07, 6.45) is 4.79. The third-order valence-electron chi connectivity index (χ3n) is 6.96. The average molecular weight is 526 g/mol. The molecule has 3 heterocycles. The van der Waals surface area contributed by atoms with Gasteiger partial charge in [-0.1, -0.05) is 6.42 Å². The summed E-state index contributed by atoms with van der Waals surface area (Å²) < 4.78 is 23.3. The molecule has 0 saturated carbocycles. The summed E-state index contributed by atoms with van der Waals surface area (Å²) in [7, 11) is 0. The van der Waals surface area contributed by atoms with Crippen molar-refractivity contribution < 1.29 is 28.2 Å². The van der Waals surface area contributed by atoms with Gasteiger partial charge >= 0.3 is 0 Å². The van der Waals surface area contributed by atoms with E-state index in [9.17, 15) is 18.8 Å². The van der Waals surface area contributed by atoms with E-state index in [2.05, 4.69) is 15.1 Å². The van der Waals surface area contributed by atoms with Crippen molar-refractivity contribution in [3.05, 3.63) is 59.4 Å². The van der Waals surface area contributed by atoms with E-state index in [1.807, 2.05) is 0 Å². The average Bonchev–Trinajstić information content (AvgIpc) is 2.96. The number of ether oxygens (including phenoxy) is 2. The van der Waals surface area contributed by atoms with E-state index in [-0.39, 0.29) is 29.9 Å². The lowest BCUT2D eigenvalue weighted by Gasteiger charge is -2.26. The number of fused-ring (bicyclic) bond motifs is 1. The van der Waals surface area contributed by atoms with Crippen LogP contribution in [0.4, 0.5) is 10.1 Å². The number of piperidine rings is 1. The Balaban J connectivity index is 0.000000181. The fourth-order valence-corrected chi connectivity index (χ4v) is 4.71. The Morgan fingerprint density at radius 1 is 0.816 bits per heavy atom. The van der Waals surface area contributed by atoms with Gasteiger partial charge in [0.1, 0.15) is 11.6 Å². The lowest BCUT2D eigenvalue weighted by atomic mass is 10.1. The molecule has 2 aromatic carbocycles. The number of carbonyl (C=O) groups excluding carboxylic acids is 3. The van der Waals surface area contributed by atoms with Crippen molar-refractivity contribution in [2.45, 2.75) is 32.1 Å². The summed E-state index contributed by atoms with van der Waals surface area (Å²) in [5.74, 6) is 0.303. The molecule has 2 saturated heterocycles. The van der Waals surface area contributed by atoms with Crippen LogP contribution >= 0.6 is 0 Å². The number of morpholine rings is 1. The van der Waals surface area contributed by atoms with Crippen LogP contribution in [0.2, 0.25) is 0 Å². The van der Waals surface area contributed by atoms with Crippen molar-refractivity contribution in [2.24, 2.45) is 0 Å². The quantitative estimate of drug-likeness (QED) is 0.525. The maximum absolute atomic E-state index is 12.7. The van der Waals surface area contributed by atoms with Gasteiger partial charge in [-0.05, 0) is 68.4 Å². The Morgan fingerprint density at radius 2 is 1.42 bits per heavy atom. The smallest absolute Gasteiger partial charge is 0.262 e. The molecule has 0 bridgehead atoms. The SMILES string of the molecule is O=C(CCN1CCCCC1)c1ccc(F)cc1.O=C1COc2ccc(C(=O)CCN3CCOCC3)cc2N1. The summed E-state index contributed by atoms with van der Waals surface area (Å²) in [4.78, 5) is 40.0. The van der Waals surface area contributed by atoms with Crippen molar-refractivity contribution in [3.8, 4) is 5.75 Å². The highest BCUT2D eigenvalue weighted by Gasteiger charge is 2.19. The largest absolute Gasteiger partial charge is 0.482 e. The Morgan fingerprint density at radius 3 is 2.11 bits per heavy atom. The lowest BCUT2D eigenvalue weighted by molar-refractivity contribution is -0.118. The number of carbonyl (C=O) groups is 3. The van der Waals surface area contributed by atoms with Crippen LogP contribution in [0.3, 0.4) is 0 Å². The maximum Gasteiger partial charge on any atom is 0.262 e. The monoisotopic (exact) mass is 525 g/mol. The van der Waals surface area contributed by atoms with Crippen molar-refractivity contribution in [3.63, 3.8) is 0 Å². The van der Waals surface area contributed by atoms with Crippen molar-refractivity contribution >= 4 is 23.2 Å². The Kier molecular flexibility index (Phi) is 10.4. The number of rotatable bonds is 8. The van der Waals surface area contributed by atoms with Gasteiger partial charge in [-0.25, -0.2) is 4.39 Å². The van der Waals surface area contributed by atoms with Crippen LogP contribution in [-0.2, 0) is 9.53 Å². The van der Waals surface area contributed by atoms with Gasteiger partial charge in [-0.15, -0.1) is 0 Å². The van der Waals surface area contributed by atoms with Crippen molar-refractivity contribution in [1.29, 1.82) is 0 Å². The van der Waals surface area contributed by atoms with E-state index >= 15 is 0 Å². The van der Waals surface area contributed by atoms with Gasteiger partial charge in [0.05, 0.1) is 18.9 Å². The van der Waals surface area contributed by atoms with Crippen molar-refractivity contribution in [1.82, 2.24) is 9.80 Å². The van der Waals surface area contributed by atoms with Gasteiger partial charge in [0.25, 0.3) is 5.91 Å². The fourth-order valence-electron chi connectivity index (χ4n) is 4.71. The second-order valence-corrected chi connectivity index (χ2v) is 9.76. The zero-order chi connectivity index (χ0) is 26.7. The summed E-state index contributed by atoms with van der Waals surface area (Å²) in [6, 6.07) is 11.0. The van der Waals surface area contributed by atoms with Crippen LogP contribution in [0.15, 0.2) is 42.5 Å². The molecule has 9 heteroatoms. The third kappa shape index (κ3) is 8.44. The molecule has 0 spiro atoms. The van der Waals surface area contributed by atoms with Crippen LogP contribution in [-0.4, -0.2) is 86.4 Å². The number of amides is 1. The summed E-state index contributed by atoms with van der Waals surface area (Å²) in [6.45, 7) is 7.03. The van der Waals surface area contributed by atoms with Gasteiger partial charge in [0.15, 0.2) is 18.2 Å². The minimum Gasteiger partial charge on any atom is -0.482 e. The molecular formula is C29H36FN3O5. The standard InChI is InChI=1S/C15H18N2O4.C14H18FNO/c18-13(3-4-17-5-7-20-8-6-17)11-1-2-14-12(9-11)16-15(19)10-21-14;15-13-6-4-12(5-7-13)14(17)8-11-16-9-2-1-3-10-16/h1-2,9H,3-8,10H2,(H,16,19);4-7H,1-3,8-11H2. The number of hydrogen-bond acceptors (Lipinski definition) is 7. The minimum absolute atomic E-state index is 0.0251. The Labute approximate surface area is 223 Å². The molecular weight excluding hydrogens is 489 g/mol. The molecule has 0 aromatic heterocycles. The fraction of sp³-hybridized carbons (Fsp3) is 0.483. The molecule has 204 valence electrons. The number of benzene rings is 2. The van der Waals surface area contributed by atoms with E-state index in [0.29, 0.717) is 35.4 Å². The number of Topliss-reactive ketones (excluding diaryl/α,β-unsaturated/α-hetero) is 2. The predicted octanol–water partition coefficient (Wildman–Crippen LogP) is 3.81. The molecule has 1 amide bonds. The van der Waals surface area contributed by atoms with Crippen LogP contribution < -0.4 is 10.1 Å². The van der Waals surface area contributed by atoms with Crippen LogP contribution in [0.1, 0.15) is 52.8 Å². The van der Waals surface area contributed by atoms with E-state index < -0.39 is 0 Å². The number of ketones is 2. The molecule has 0 radical (unpaired) electrons. The highest BCUT2D eigenvalue weighted by molar-refractivity contribution is 6.00. The maximum atomic E-state index is 12.7. The number of halogens is 1. The normalized spacial score (nSPS) is 17.9. The van der Waals surface area contributed by atoms with Gasteiger partial charge in [0, 0.05) is 50.1 Å². The first-order chi connectivity index (χ1) is 18.5. The van der Waals surface area contributed by atoms with E-state index in [0.717, 1.165) is 52.5 Å². The molecule has 0 aliphatic carbocycles. The zero-order valence-corrected chi connectivity index (χ0v) is 21.8. The number of anilines is 1. The molecule has 38 heavy (non-hydrogen) atoms. The molecule has 5 rings (SSSR count). The van der Waals surface area contributed by atoms with E-state index in [1.165, 1.54) is 31.4 Å². The molecule has 0 unspecified atom stereocenters. The lowest BCUT2D eigenvalue weighted by Crippen LogP contribution is -2.37. The molecule has 1 N–H and O–H groups in total. The highest BCUT2D eigenvalue weighted by atomic mass is 19.1. The Bertz CT molecular complexity index is 1100.